The molecule has 0 heterocycles. The highest BCUT2D eigenvalue weighted by Crippen LogP contribution is 2.12. The van der Waals surface area contributed by atoms with E-state index in [-0.39, 0.29) is 12.0 Å². The van der Waals surface area contributed by atoms with Crippen LogP contribution in [0.3, 0.4) is 0 Å². The van der Waals surface area contributed by atoms with Crippen molar-refractivity contribution in [2.45, 2.75) is 32.3 Å². The quantitative estimate of drug-likeness (QED) is 0.316. The van der Waals surface area contributed by atoms with Gasteiger partial charge in [0.25, 0.3) is 0 Å². The maximum absolute atomic E-state index is 10.9. The smallest absolute Gasteiger partial charge is 0.333 e. The molecular weight excluding hydrogens is 176 g/mol. The van der Waals surface area contributed by atoms with Crippen LogP contribution in [0.15, 0.2) is 12.2 Å². The largest absolute Gasteiger partial charge is 0.450 e. The Bertz CT molecular complexity index is 203. The van der Waals surface area contributed by atoms with Crippen LogP contribution in [-0.2, 0) is 9.53 Å². The Morgan fingerprint density at radius 2 is 2.00 bits per heavy atom. The molecule has 3 N–H and O–H groups in total. The standard InChI is InChI=1S/C8H14O5/c1-4-6(8(10,11)12)13-7(9)5(2)3/h6,10-12H,2,4H2,1,3H3. The van der Waals surface area contributed by atoms with E-state index in [1.807, 2.05) is 0 Å². The first-order chi connectivity index (χ1) is 5.79. The number of carbonyl (C=O) groups excluding carboxylic acids is 1. The van der Waals surface area contributed by atoms with Gasteiger partial charge in [-0.1, -0.05) is 13.5 Å². The lowest BCUT2D eigenvalue weighted by Gasteiger charge is -2.24. The third-order valence-corrected chi connectivity index (χ3v) is 1.40. The first kappa shape index (κ1) is 12.1. The molecule has 0 aromatic rings. The van der Waals surface area contributed by atoms with Crippen molar-refractivity contribution >= 4 is 5.97 Å². The molecular formula is C8H14O5. The number of esters is 1. The van der Waals surface area contributed by atoms with Gasteiger partial charge >= 0.3 is 11.9 Å². The van der Waals surface area contributed by atoms with E-state index in [0.717, 1.165) is 0 Å². The average Bonchev–Trinajstić information content (AvgIpc) is 1.96. The molecule has 0 rings (SSSR count). The van der Waals surface area contributed by atoms with Gasteiger partial charge < -0.3 is 20.1 Å². The molecule has 0 bridgehead atoms. The third kappa shape index (κ3) is 4.02. The number of hydrogen-bond donors (Lipinski definition) is 3. The summed E-state index contributed by atoms with van der Waals surface area (Å²) in [4.78, 5) is 10.9. The van der Waals surface area contributed by atoms with E-state index in [4.69, 9.17) is 15.3 Å². The molecule has 0 amide bonds. The fourth-order valence-electron chi connectivity index (χ4n) is 0.666. The molecule has 0 aromatic heterocycles. The van der Waals surface area contributed by atoms with Gasteiger partial charge in [0.05, 0.1) is 0 Å². The molecule has 1 atom stereocenters. The van der Waals surface area contributed by atoms with E-state index in [1.165, 1.54) is 13.8 Å². The van der Waals surface area contributed by atoms with E-state index in [1.54, 1.807) is 0 Å². The molecule has 5 heteroatoms. The molecule has 0 fully saturated rings. The topological polar surface area (TPSA) is 87.0 Å². The van der Waals surface area contributed by atoms with E-state index in [2.05, 4.69) is 11.3 Å². The van der Waals surface area contributed by atoms with Crippen LogP contribution in [0, 0.1) is 0 Å². The Morgan fingerprint density at radius 3 is 2.23 bits per heavy atom. The fraction of sp³-hybridized carbons (Fsp3) is 0.625. The van der Waals surface area contributed by atoms with Crippen LogP contribution in [0.4, 0.5) is 0 Å². The molecule has 0 aromatic carbocycles. The van der Waals surface area contributed by atoms with Gasteiger partial charge in [0, 0.05) is 5.57 Å². The van der Waals surface area contributed by atoms with Gasteiger partial charge in [-0.05, 0) is 13.3 Å². The summed E-state index contributed by atoms with van der Waals surface area (Å²) >= 11 is 0. The lowest BCUT2D eigenvalue weighted by atomic mass is 10.2. The second-order valence-electron chi connectivity index (χ2n) is 2.77. The zero-order valence-electron chi connectivity index (χ0n) is 7.65. The third-order valence-electron chi connectivity index (χ3n) is 1.40. The van der Waals surface area contributed by atoms with Crippen molar-refractivity contribution in [3.05, 3.63) is 12.2 Å². The highest BCUT2D eigenvalue weighted by molar-refractivity contribution is 5.87. The molecule has 0 aliphatic carbocycles. The van der Waals surface area contributed by atoms with Crippen molar-refractivity contribution in [2.24, 2.45) is 0 Å². The molecule has 0 radical (unpaired) electrons. The first-order valence-corrected chi connectivity index (χ1v) is 3.82. The Labute approximate surface area is 76.3 Å². The summed E-state index contributed by atoms with van der Waals surface area (Å²) in [5, 5.41) is 26.1. The number of aliphatic hydroxyl groups is 3. The average molecular weight is 190 g/mol. The van der Waals surface area contributed by atoms with Crippen LogP contribution in [0.1, 0.15) is 20.3 Å². The summed E-state index contributed by atoms with van der Waals surface area (Å²) in [5.74, 6) is -3.77. The van der Waals surface area contributed by atoms with Crippen LogP contribution >= 0.6 is 0 Å². The van der Waals surface area contributed by atoms with Gasteiger partial charge in [-0.25, -0.2) is 4.79 Å². The van der Waals surface area contributed by atoms with Crippen molar-refractivity contribution in [3.63, 3.8) is 0 Å². The van der Waals surface area contributed by atoms with Crippen molar-refractivity contribution in [2.75, 3.05) is 0 Å². The predicted octanol–water partition coefficient (Wildman–Crippen LogP) is -0.485. The maximum atomic E-state index is 10.9. The van der Waals surface area contributed by atoms with Gasteiger partial charge in [-0.15, -0.1) is 0 Å². The van der Waals surface area contributed by atoms with Crippen LogP contribution < -0.4 is 0 Å². The molecule has 1 unspecified atom stereocenters. The Hall–Kier alpha value is -0.910. The van der Waals surface area contributed by atoms with E-state index in [9.17, 15) is 4.79 Å². The number of ether oxygens (including phenoxy) is 1. The number of hydrogen-bond acceptors (Lipinski definition) is 5. The van der Waals surface area contributed by atoms with Gasteiger partial charge in [-0.2, -0.15) is 0 Å². The van der Waals surface area contributed by atoms with E-state index < -0.39 is 18.0 Å². The van der Waals surface area contributed by atoms with Crippen LogP contribution in [0.5, 0.6) is 0 Å². The molecule has 0 aliphatic rings. The maximum Gasteiger partial charge on any atom is 0.333 e. The molecule has 0 spiro atoms. The van der Waals surface area contributed by atoms with Crippen LogP contribution in [-0.4, -0.2) is 33.4 Å². The van der Waals surface area contributed by atoms with E-state index in [0.29, 0.717) is 0 Å². The second kappa shape index (κ2) is 4.36. The first-order valence-electron chi connectivity index (χ1n) is 3.82. The predicted molar refractivity (Wildman–Crippen MR) is 44.4 cm³/mol. The normalized spacial score (nSPS) is 13.6. The molecule has 5 nitrogen and oxygen atoms in total. The lowest BCUT2D eigenvalue weighted by Crippen LogP contribution is -2.44. The summed E-state index contributed by atoms with van der Waals surface area (Å²) in [6, 6.07) is 0. The Balaban J connectivity index is 4.31. The van der Waals surface area contributed by atoms with Gasteiger partial charge in [-0.3, -0.25) is 0 Å². The number of carbonyl (C=O) groups is 1. The number of rotatable bonds is 4. The minimum absolute atomic E-state index is 0.0858. The minimum atomic E-state index is -3.00. The second-order valence-corrected chi connectivity index (χ2v) is 2.77. The van der Waals surface area contributed by atoms with Crippen molar-refractivity contribution < 1.29 is 24.9 Å². The Morgan fingerprint density at radius 1 is 1.54 bits per heavy atom. The summed E-state index contributed by atoms with van der Waals surface area (Å²) < 4.78 is 4.54. The molecule has 13 heavy (non-hydrogen) atoms. The lowest BCUT2D eigenvalue weighted by molar-refractivity contribution is -0.355. The SMILES string of the molecule is C=C(C)C(=O)OC(CC)C(O)(O)O. The van der Waals surface area contributed by atoms with Gasteiger partial charge in [0.15, 0.2) is 6.10 Å². The van der Waals surface area contributed by atoms with Crippen LogP contribution in [0.25, 0.3) is 0 Å². The fourth-order valence-corrected chi connectivity index (χ4v) is 0.666. The zero-order chi connectivity index (χ0) is 10.6. The van der Waals surface area contributed by atoms with Gasteiger partial charge in [0.2, 0.25) is 0 Å². The summed E-state index contributed by atoms with van der Waals surface area (Å²) in [6.45, 7) is 6.26. The molecule has 0 saturated carbocycles. The summed E-state index contributed by atoms with van der Waals surface area (Å²) in [7, 11) is 0. The summed E-state index contributed by atoms with van der Waals surface area (Å²) in [6.07, 6.45) is -1.28. The highest BCUT2D eigenvalue weighted by atomic mass is 16.7. The van der Waals surface area contributed by atoms with Crippen LogP contribution in [0.2, 0.25) is 0 Å². The van der Waals surface area contributed by atoms with Crippen molar-refractivity contribution in [1.82, 2.24) is 0 Å². The molecule has 76 valence electrons. The molecule has 0 saturated heterocycles. The van der Waals surface area contributed by atoms with Crippen molar-refractivity contribution in [1.29, 1.82) is 0 Å². The minimum Gasteiger partial charge on any atom is -0.450 e. The molecule has 0 aliphatic heterocycles. The van der Waals surface area contributed by atoms with E-state index >= 15 is 0 Å². The summed E-state index contributed by atoms with van der Waals surface area (Å²) in [5.41, 5.74) is 0.127. The van der Waals surface area contributed by atoms with Crippen molar-refractivity contribution in [3.8, 4) is 0 Å². The highest BCUT2D eigenvalue weighted by Gasteiger charge is 2.34. The van der Waals surface area contributed by atoms with Gasteiger partial charge in [0.1, 0.15) is 0 Å². The monoisotopic (exact) mass is 190 g/mol. The zero-order valence-corrected chi connectivity index (χ0v) is 7.65. The Kier molecular flexibility index (Phi) is 4.06.